The van der Waals surface area contributed by atoms with Crippen LogP contribution in [0.2, 0.25) is 0 Å². The molecule has 2 heterocycles. The van der Waals surface area contributed by atoms with Crippen molar-refractivity contribution in [1.82, 2.24) is 24.9 Å². The SMILES string of the molecule is CCCCNC(=O)[C@H](CC)n1nc(C)c2nn(-c3ccccc3)c(C)c2c1=O. The Morgan fingerprint density at radius 3 is 2.50 bits per heavy atom. The first kappa shape index (κ1) is 19.8. The molecule has 0 aliphatic heterocycles. The van der Waals surface area contributed by atoms with E-state index in [1.807, 2.05) is 51.1 Å². The highest BCUT2D eigenvalue weighted by molar-refractivity contribution is 5.84. The van der Waals surface area contributed by atoms with Gasteiger partial charge in [-0.2, -0.15) is 10.2 Å². The topological polar surface area (TPSA) is 81.8 Å². The van der Waals surface area contributed by atoms with Crippen LogP contribution in [-0.2, 0) is 4.79 Å². The molecule has 0 spiro atoms. The molecular formula is C21H27N5O2. The summed E-state index contributed by atoms with van der Waals surface area (Å²) in [6.45, 7) is 8.25. The van der Waals surface area contributed by atoms with Gasteiger partial charge in [-0.25, -0.2) is 9.36 Å². The van der Waals surface area contributed by atoms with E-state index in [4.69, 9.17) is 0 Å². The summed E-state index contributed by atoms with van der Waals surface area (Å²) >= 11 is 0. The number of aromatic nitrogens is 4. The fraction of sp³-hybridized carbons (Fsp3) is 0.429. The summed E-state index contributed by atoms with van der Waals surface area (Å²) in [6, 6.07) is 9.04. The second-order valence-electron chi connectivity index (χ2n) is 6.96. The summed E-state index contributed by atoms with van der Waals surface area (Å²) in [4.78, 5) is 25.9. The van der Waals surface area contributed by atoms with Crippen LogP contribution < -0.4 is 10.9 Å². The molecule has 0 radical (unpaired) electrons. The van der Waals surface area contributed by atoms with Gasteiger partial charge in [0.05, 0.1) is 22.5 Å². The van der Waals surface area contributed by atoms with Crippen LogP contribution in [0.25, 0.3) is 16.6 Å². The van der Waals surface area contributed by atoms with Crippen molar-refractivity contribution in [1.29, 1.82) is 0 Å². The lowest BCUT2D eigenvalue weighted by Crippen LogP contribution is -2.39. The zero-order valence-corrected chi connectivity index (χ0v) is 16.9. The van der Waals surface area contributed by atoms with Gasteiger partial charge >= 0.3 is 0 Å². The first-order valence-electron chi connectivity index (χ1n) is 9.81. The molecule has 7 nitrogen and oxygen atoms in total. The predicted molar refractivity (Wildman–Crippen MR) is 110 cm³/mol. The Kier molecular flexibility index (Phi) is 5.92. The Hall–Kier alpha value is -2.96. The first-order valence-corrected chi connectivity index (χ1v) is 9.81. The van der Waals surface area contributed by atoms with Crippen LogP contribution >= 0.6 is 0 Å². The van der Waals surface area contributed by atoms with E-state index in [0.717, 1.165) is 24.2 Å². The summed E-state index contributed by atoms with van der Waals surface area (Å²) in [5, 5.41) is 12.5. The maximum absolute atomic E-state index is 13.2. The number of nitrogens with zero attached hydrogens (tertiary/aromatic N) is 4. The van der Waals surface area contributed by atoms with Crippen LogP contribution in [0.1, 0.15) is 50.5 Å². The second kappa shape index (κ2) is 8.37. The van der Waals surface area contributed by atoms with Crippen LogP contribution in [0.5, 0.6) is 0 Å². The molecule has 28 heavy (non-hydrogen) atoms. The maximum atomic E-state index is 13.2. The molecule has 0 bridgehead atoms. The monoisotopic (exact) mass is 381 g/mol. The Morgan fingerprint density at radius 1 is 1.14 bits per heavy atom. The molecule has 7 heteroatoms. The summed E-state index contributed by atoms with van der Waals surface area (Å²) in [5.74, 6) is -0.169. The molecule has 3 aromatic rings. The Morgan fingerprint density at radius 2 is 1.86 bits per heavy atom. The van der Waals surface area contributed by atoms with Crippen LogP contribution in [0.3, 0.4) is 0 Å². The molecule has 3 rings (SSSR count). The first-order chi connectivity index (χ1) is 13.5. The molecular weight excluding hydrogens is 354 g/mol. The molecule has 0 aliphatic carbocycles. The van der Waals surface area contributed by atoms with Gasteiger partial charge in [0, 0.05) is 6.54 Å². The smallest absolute Gasteiger partial charge is 0.278 e. The Balaban J connectivity index is 2.10. The fourth-order valence-electron chi connectivity index (χ4n) is 3.39. The number of nitrogens with one attached hydrogen (secondary N) is 1. The van der Waals surface area contributed by atoms with Crippen molar-refractivity contribution in [2.75, 3.05) is 6.54 Å². The number of rotatable bonds is 7. The molecule has 1 aromatic carbocycles. The van der Waals surface area contributed by atoms with Crippen molar-refractivity contribution < 1.29 is 4.79 Å². The van der Waals surface area contributed by atoms with Gasteiger partial charge in [-0.05, 0) is 38.8 Å². The average molecular weight is 381 g/mol. The van der Waals surface area contributed by atoms with Gasteiger partial charge in [0.25, 0.3) is 5.56 Å². The van der Waals surface area contributed by atoms with Crippen LogP contribution in [0.15, 0.2) is 35.1 Å². The number of fused-ring (bicyclic) bond motifs is 1. The number of carbonyl (C=O) groups is 1. The summed E-state index contributed by atoms with van der Waals surface area (Å²) < 4.78 is 3.08. The normalized spacial score (nSPS) is 12.3. The molecule has 2 aromatic heterocycles. The van der Waals surface area contributed by atoms with E-state index in [1.165, 1.54) is 4.68 Å². The largest absolute Gasteiger partial charge is 0.354 e. The molecule has 0 fully saturated rings. The van der Waals surface area contributed by atoms with Gasteiger partial charge in [-0.1, -0.05) is 38.5 Å². The van der Waals surface area contributed by atoms with E-state index >= 15 is 0 Å². The van der Waals surface area contributed by atoms with Gasteiger partial charge in [0.15, 0.2) is 0 Å². The van der Waals surface area contributed by atoms with E-state index in [9.17, 15) is 9.59 Å². The number of amides is 1. The molecule has 1 amide bonds. The van der Waals surface area contributed by atoms with E-state index < -0.39 is 6.04 Å². The van der Waals surface area contributed by atoms with Gasteiger partial charge in [-0.15, -0.1) is 0 Å². The van der Waals surface area contributed by atoms with Crippen LogP contribution in [-0.4, -0.2) is 32.0 Å². The van der Waals surface area contributed by atoms with Crippen molar-refractivity contribution in [2.24, 2.45) is 0 Å². The summed E-state index contributed by atoms with van der Waals surface area (Å²) in [7, 11) is 0. The number of hydrogen-bond acceptors (Lipinski definition) is 4. The maximum Gasteiger partial charge on any atom is 0.278 e. The molecule has 1 N–H and O–H groups in total. The number of unbranched alkanes of at least 4 members (excludes halogenated alkanes) is 1. The number of benzene rings is 1. The lowest BCUT2D eigenvalue weighted by Gasteiger charge is -2.17. The van der Waals surface area contributed by atoms with Crippen molar-refractivity contribution in [3.05, 3.63) is 52.1 Å². The Bertz CT molecular complexity index is 1040. The van der Waals surface area contributed by atoms with E-state index in [1.54, 1.807) is 4.68 Å². The van der Waals surface area contributed by atoms with Crippen molar-refractivity contribution in [2.45, 2.75) is 53.0 Å². The van der Waals surface area contributed by atoms with E-state index in [-0.39, 0.29) is 11.5 Å². The average Bonchev–Trinajstić information content (AvgIpc) is 3.05. The number of carbonyl (C=O) groups excluding carboxylic acids is 1. The third kappa shape index (κ3) is 3.56. The van der Waals surface area contributed by atoms with E-state index in [2.05, 4.69) is 22.4 Å². The standard InChI is InChI=1S/C21H27N5O2/c1-5-7-13-22-20(27)17(6-2)26-21(28)18-15(4)25(16-11-9-8-10-12-16)24-19(18)14(3)23-26/h8-12,17H,5-7,13H2,1-4H3,(H,22,27)/t17-/m0/s1. The predicted octanol–water partition coefficient (Wildman–Crippen LogP) is 3.07. The second-order valence-corrected chi connectivity index (χ2v) is 6.96. The third-order valence-electron chi connectivity index (χ3n) is 4.95. The molecule has 148 valence electrons. The minimum Gasteiger partial charge on any atom is -0.354 e. The Labute approximate surface area is 164 Å². The van der Waals surface area contributed by atoms with Gasteiger partial charge in [-0.3, -0.25) is 9.59 Å². The third-order valence-corrected chi connectivity index (χ3v) is 4.95. The van der Waals surface area contributed by atoms with Crippen LogP contribution in [0, 0.1) is 13.8 Å². The molecule has 0 aliphatic rings. The fourth-order valence-corrected chi connectivity index (χ4v) is 3.39. The van der Waals surface area contributed by atoms with Crippen molar-refractivity contribution in [3.63, 3.8) is 0 Å². The quantitative estimate of drug-likeness (QED) is 0.638. The summed E-state index contributed by atoms with van der Waals surface area (Å²) in [5.41, 5.74) is 2.55. The van der Waals surface area contributed by atoms with Gasteiger partial charge in [0.1, 0.15) is 11.6 Å². The zero-order chi connectivity index (χ0) is 20.3. The van der Waals surface area contributed by atoms with Crippen molar-refractivity contribution in [3.8, 4) is 5.69 Å². The molecule has 0 saturated carbocycles. The summed E-state index contributed by atoms with van der Waals surface area (Å²) in [6.07, 6.45) is 2.39. The van der Waals surface area contributed by atoms with Gasteiger partial charge in [0.2, 0.25) is 5.91 Å². The lowest BCUT2D eigenvalue weighted by molar-refractivity contribution is -0.124. The minimum atomic E-state index is -0.632. The van der Waals surface area contributed by atoms with Gasteiger partial charge < -0.3 is 5.32 Å². The highest BCUT2D eigenvalue weighted by Crippen LogP contribution is 2.21. The highest BCUT2D eigenvalue weighted by atomic mass is 16.2. The number of para-hydroxylation sites is 1. The van der Waals surface area contributed by atoms with E-state index in [0.29, 0.717) is 29.6 Å². The van der Waals surface area contributed by atoms with Crippen LogP contribution in [0.4, 0.5) is 0 Å². The van der Waals surface area contributed by atoms with Crippen molar-refractivity contribution >= 4 is 16.8 Å². The minimum absolute atomic E-state index is 0.169. The zero-order valence-electron chi connectivity index (χ0n) is 16.9. The number of aryl methyl sites for hydroxylation is 2. The number of hydrogen-bond donors (Lipinski definition) is 1. The molecule has 0 unspecified atom stereocenters. The molecule has 1 atom stereocenters. The lowest BCUT2D eigenvalue weighted by atomic mass is 10.2. The highest BCUT2D eigenvalue weighted by Gasteiger charge is 2.25. The molecule has 0 saturated heterocycles.